The Labute approximate surface area is 183 Å². The zero-order chi connectivity index (χ0) is 21.8. The normalized spacial score (nSPS) is 17.5. The maximum absolute atomic E-state index is 12.7. The minimum atomic E-state index is -0.127. The minimum Gasteiger partial charge on any atom is -0.350 e. The molecule has 1 atom stereocenters. The Kier molecular flexibility index (Phi) is 6.47. The summed E-state index contributed by atoms with van der Waals surface area (Å²) in [5.41, 5.74) is 4.24. The number of amides is 3. The summed E-state index contributed by atoms with van der Waals surface area (Å²) in [5.74, 6) is -0.355. The van der Waals surface area contributed by atoms with Crippen LogP contribution in [0.3, 0.4) is 0 Å². The van der Waals surface area contributed by atoms with Crippen molar-refractivity contribution in [3.8, 4) is 0 Å². The first-order valence-electron chi connectivity index (χ1n) is 11.1. The SMILES string of the molecule is CCC(CNC(=O)c1ccc(CN2C(=O)CCC2=O)cc1)N1CCc2ccccc2C1. The van der Waals surface area contributed by atoms with Crippen molar-refractivity contribution in [3.63, 3.8) is 0 Å². The molecule has 162 valence electrons. The summed E-state index contributed by atoms with van der Waals surface area (Å²) in [4.78, 5) is 40.0. The smallest absolute Gasteiger partial charge is 0.251 e. The van der Waals surface area contributed by atoms with Crippen LogP contribution in [0.25, 0.3) is 0 Å². The molecule has 2 heterocycles. The van der Waals surface area contributed by atoms with Crippen molar-refractivity contribution < 1.29 is 14.4 Å². The average molecular weight is 420 g/mol. The van der Waals surface area contributed by atoms with Gasteiger partial charge in [0.05, 0.1) is 6.54 Å². The first-order valence-corrected chi connectivity index (χ1v) is 11.1. The van der Waals surface area contributed by atoms with Crippen LogP contribution in [-0.2, 0) is 29.1 Å². The molecule has 6 nitrogen and oxygen atoms in total. The van der Waals surface area contributed by atoms with Crippen molar-refractivity contribution in [1.82, 2.24) is 15.1 Å². The monoisotopic (exact) mass is 419 g/mol. The van der Waals surface area contributed by atoms with Crippen LogP contribution in [0.2, 0.25) is 0 Å². The maximum Gasteiger partial charge on any atom is 0.251 e. The highest BCUT2D eigenvalue weighted by atomic mass is 16.2. The molecular weight excluding hydrogens is 390 g/mol. The van der Waals surface area contributed by atoms with Crippen LogP contribution in [0.1, 0.15) is 53.2 Å². The van der Waals surface area contributed by atoms with Gasteiger partial charge in [-0.3, -0.25) is 24.2 Å². The Morgan fingerprint density at radius 2 is 1.65 bits per heavy atom. The van der Waals surface area contributed by atoms with Crippen molar-refractivity contribution in [3.05, 3.63) is 70.8 Å². The largest absolute Gasteiger partial charge is 0.350 e. The highest BCUT2D eigenvalue weighted by Crippen LogP contribution is 2.21. The fourth-order valence-corrected chi connectivity index (χ4v) is 4.42. The van der Waals surface area contributed by atoms with E-state index in [0.29, 0.717) is 31.0 Å². The lowest BCUT2D eigenvalue weighted by Gasteiger charge is -2.35. The van der Waals surface area contributed by atoms with Gasteiger partial charge in [0.15, 0.2) is 0 Å². The number of hydrogen-bond acceptors (Lipinski definition) is 4. The molecule has 0 spiro atoms. The number of likely N-dealkylation sites (tertiary alicyclic amines) is 1. The number of carbonyl (C=O) groups excluding carboxylic acids is 3. The van der Waals surface area contributed by atoms with Gasteiger partial charge >= 0.3 is 0 Å². The molecule has 1 fully saturated rings. The predicted molar refractivity (Wildman–Crippen MR) is 118 cm³/mol. The number of hydrogen-bond donors (Lipinski definition) is 1. The van der Waals surface area contributed by atoms with Gasteiger partial charge in [-0.05, 0) is 41.7 Å². The van der Waals surface area contributed by atoms with Gasteiger partial charge in [-0.25, -0.2) is 0 Å². The van der Waals surface area contributed by atoms with Crippen LogP contribution in [0.15, 0.2) is 48.5 Å². The Hall–Kier alpha value is -2.99. The Bertz CT molecular complexity index is 954. The number of imide groups is 1. The van der Waals surface area contributed by atoms with Crippen molar-refractivity contribution in [1.29, 1.82) is 0 Å². The number of benzene rings is 2. The van der Waals surface area contributed by atoms with Gasteiger partial charge in [-0.15, -0.1) is 0 Å². The second kappa shape index (κ2) is 9.43. The summed E-state index contributed by atoms with van der Waals surface area (Å²) in [5, 5.41) is 3.08. The first-order chi connectivity index (χ1) is 15.0. The standard InChI is InChI=1S/C25H29N3O3/c1-2-22(27-14-13-19-5-3-4-6-21(19)17-27)15-26-25(31)20-9-7-18(8-10-20)16-28-23(29)11-12-24(28)30/h3-10,22H,2,11-17H2,1H3,(H,26,31). The van der Waals surface area contributed by atoms with Gasteiger partial charge in [-0.1, -0.05) is 43.3 Å². The highest BCUT2D eigenvalue weighted by Gasteiger charge is 2.28. The second-order valence-electron chi connectivity index (χ2n) is 8.33. The molecular formula is C25H29N3O3. The topological polar surface area (TPSA) is 69.7 Å². The molecule has 0 aliphatic carbocycles. The molecule has 3 amide bonds. The first kappa shape index (κ1) is 21.2. The van der Waals surface area contributed by atoms with E-state index in [2.05, 4.69) is 41.4 Å². The molecule has 4 rings (SSSR count). The molecule has 0 aromatic heterocycles. The Morgan fingerprint density at radius 3 is 2.32 bits per heavy atom. The fourth-order valence-electron chi connectivity index (χ4n) is 4.42. The van der Waals surface area contributed by atoms with E-state index in [9.17, 15) is 14.4 Å². The molecule has 0 radical (unpaired) electrons. The van der Waals surface area contributed by atoms with Crippen LogP contribution in [0, 0.1) is 0 Å². The van der Waals surface area contributed by atoms with Gasteiger partial charge < -0.3 is 5.32 Å². The van der Waals surface area contributed by atoms with Crippen molar-refractivity contribution in [2.75, 3.05) is 13.1 Å². The van der Waals surface area contributed by atoms with E-state index in [1.807, 2.05) is 12.1 Å². The molecule has 6 heteroatoms. The van der Waals surface area contributed by atoms with Crippen LogP contribution < -0.4 is 5.32 Å². The molecule has 2 aromatic carbocycles. The van der Waals surface area contributed by atoms with E-state index in [-0.39, 0.29) is 24.3 Å². The summed E-state index contributed by atoms with van der Waals surface area (Å²) < 4.78 is 0. The van der Waals surface area contributed by atoms with E-state index in [1.54, 1.807) is 12.1 Å². The van der Waals surface area contributed by atoms with Crippen molar-refractivity contribution in [2.45, 2.75) is 51.7 Å². The zero-order valence-corrected chi connectivity index (χ0v) is 18.0. The van der Waals surface area contributed by atoms with E-state index < -0.39 is 0 Å². The lowest BCUT2D eigenvalue weighted by atomic mass is 9.98. The van der Waals surface area contributed by atoms with Crippen LogP contribution in [0.5, 0.6) is 0 Å². The average Bonchev–Trinajstić information content (AvgIpc) is 3.11. The van der Waals surface area contributed by atoms with E-state index in [4.69, 9.17) is 0 Å². The van der Waals surface area contributed by atoms with Gasteiger partial charge in [0.25, 0.3) is 5.91 Å². The molecule has 2 aliphatic rings. The van der Waals surface area contributed by atoms with E-state index in [1.165, 1.54) is 16.0 Å². The third-order valence-corrected chi connectivity index (χ3v) is 6.36. The predicted octanol–water partition coefficient (Wildman–Crippen LogP) is 2.90. The van der Waals surface area contributed by atoms with Crippen LogP contribution >= 0.6 is 0 Å². The molecule has 1 saturated heterocycles. The summed E-state index contributed by atoms with van der Waals surface area (Å²) in [7, 11) is 0. The number of rotatable bonds is 7. The third kappa shape index (κ3) is 4.85. The molecule has 31 heavy (non-hydrogen) atoms. The van der Waals surface area contributed by atoms with Crippen molar-refractivity contribution in [2.24, 2.45) is 0 Å². The Balaban J connectivity index is 1.31. The Morgan fingerprint density at radius 1 is 0.968 bits per heavy atom. The number of carbonyl (C=O) groups is 3. The maximum atomic E-state index is 12.7. The van der Waals surface area contributed by atoms with Gasteiger partial charge in [0.2, 0.25) is 11.8 Å². The molecule has 2 aromatic rings. The number of nitrogens with one attached hydrogen (secondary N) is 1. The number of fused-ring (bicyclic) bond motifs is 1. The quantitative estimate of drug-likeness (QED) is 0.701. The molecule has 1 unspecified atom stereocenters. The van der Waals surface area contributed by atoms with E-state index in [0.717, 1.165) is 31.5 Å². The fraction of sp³-hybridized carbons (Fsp3) is 0.400. The number of nitrogens with zero attached hydrogens (tertiary/aromatic N) is 2. The molecule has 0 saturated carbocycles. The summed E-state index contributed by atoms with van der Waals surface area (Å²) in [6, 6.07) is 16.0. The molecule has 1 N–H and O–H groups in total. The zero-order valence-electron chi connectivity index (χ0n) is 18.0. The van der Waals surface area contributed by atoms with Gasteiger partial charge in [0.1, 0.15) is 0 Å². The lowest BCUT2D eigenvalue weighted by Crippen LogP contribution is -2.45. The van der Waals surface area contributed by atoms with Gasteiger partial charge in [0, 0.05) is 44.1 Å². The minimum absolute atomic E-state index is 0.101. The van der Waals surface area contributed by atoms with E-state index >= 15 is 0 Å². The highest BCUT2D eigenvalue weighted by molar-refractivity contribution is 6.01. The van der Waals surface area contributed by atoms with Crippen molar-refractivity contribution >= 4 is 17.7 Å². The third-order valence-electron chi connectivity index (χ3n) is 6.36. The van der Waals surface area contributed by atoms with Crippen LogP contribution in [-0.4, -0.2) is 46.7 Å². The second-order valence-corrected chi connectivity index (χ2v) is 8.33. The van der Waals surface area contributed by atoms with Gasteiger partial charge in [-0.2, -0.15) is 0 Å². The lowest BCUT2D eigenvalue weighted by molar-refractivity contribution is -0.139. The summed E-state index contributed by atoms with van der Waals surface area (Å²) in [6.07, 6.45) is 2.60. The molecule has 2 aliphatic heterocycles. The summed E-state index contributed by atoms with van der Waals surface area (Å²) >= 11 is 0. The summed E-state index contributed by atoms with van der Waals surface area (Å²) in [6.45, 7) is 4.97. The molecule has 0 bridgehead atoms. The van der Waals surface area contributed by atoms with Crippen LogP contribution in [0.4, 0.5) is 0 Å².